The van der Waals surface area contributed by atoms with E-state index in [2.05, 4.69) is 43.6 Å². The standard InChI is InChI=1S/C10H7BrFIN2/c11-4-7-3-8(12)1-2-10(7)15-6-9(13)5-14-15/h1-3,5-6H,4H2. The van der Waals surface area contributed by atoms with Crippen molar-refractivity contribution in [2.24, 2.45) is 0 Å². The first-order valence-electron chi connectivity index (χ1n) is 4.25. The number of halogens is 3. The summed E-state index contributed by atoms with van der Waals surface area (Å²) in [5, 5.41) is 4.80. The molecule has 0 bridgehead atoms. The first kappa shape index (κ1) is 11.1. The summed E-state index contributed by atoms with van der Waals surface area (Å²) in [6.45, 7) is 0. The van der Waals surface area contributed by atoms with Crippen LogP contribution in [0.5, 0.6) is 0 Å². The minimum Gasteiger partial charge on any atom is -0.240 e. The fourth-order valence-electron chi connectivity index (χ4n) is 1.32. The van der Waals surface area contributed by atoms with Gasteiger partial charge in [-0.25, -0.2) is 9.07 Å². The minimum atomic E-state index is -0.227. The maximum atomic E-state index is 13.0. The zero-order valence-corrected chi connectivity index (χ0v) is 11.4. The quantitative estimate of drug-likeness (QED) is 0.575. The third-order valence-corrected chi connectivity index (χ3v) is 3.14. The van der Waals surface area contributed by atoms with E-state index in [1.807, 2.05) is 6.20 Å². The van der Waals surface area contributed by atoms with E-state index in [1.54, 1.807) is 16.9 Å². The van der Waals surface area contributed by atoms with Gasteiger partial charge in [-0.1, -0.05) is 15.9 Å². The number of hydrogen-bond donors (Lipinski definition) is 0. The van der Waals surface area contributed by atoms with Gasteiger partial charge in [-0.3, -0.25) is 0 Å². The molecule has 0 aliphatic rings. The molecule has 0 amide bonds. The van der Waals surface area contributed by atoms with Gasteiger partial charge in [0.15, 0.2) is 0 Å². The molecule has 2 nitrogen and oxygen atoms in total. The van der Waals surface area contributed by atoms with Crippen molar-refractivity contribution in [3.05, 3.63) is 45.5 Å². The van der Waals surface area contributed by atoms with Gasteiger partial charge in [0, 0.05) is 11.5 Å². The number of benzene rings is 1. The van der Waals surface area contributed by atoms with Crippen LogP contribution < -0.4 is 0 Å². The van der Waals surface area contributed by atoms with E-state index in [0.717, 1.165) is 14.8 Å². The van der Waals surface area contributed by atoms with Crippen LogP contribution in [0.25, 0.3) is 5.69 Å². The summed E-state index contributed by atoms with van der Waals surface area (Å²) in [7, 11) is 0. The lowest BCUT2D eigenvalue weighted by Gasteiger charge is -2.06. The lowest BCUT2D eigenvalue weighted by Crippen LogP contribution is -1.99. The molecule has 0 spiro atoms. The molecular weight excluding hydrogens is 374 g/mol. The molecule has 15 heavy (non-hydrogen) atoms. The number of nitrogens with zero attached hydrogens (tertiary/aromatic N) is 2. The van der Waals surface area contributed by atoms with Crippen LogP contribution in [0.3, 0.4) is 0 Å². The average molecular weight is 381 g/mol. The Morgan fingerprint density at radius 3 is 2.87 bits per heavy atom. The molecule has 1 heterocycles. The first-order valence-corrected chi connectivity index (χ1v) is 6.45. The molecular formula is C10H7BrFIN2. The molecule has 2 rings (SSSR count). The van der Waals surface area contributed by atoms with Gasteiger partial charge in [0.25, 0.3) is 0 Å². The average Bonchev–Trinajstić information content (AvgIpc) is 2.64. The van der Waals surface area contributed by atoms with Crippen LogP contribution in [0.4, 0.5) is 4.39 Å². The Bertz CT molecular complexity index is 484. The van der Waals surface area contributed by atoms with Gasteiger partial charge in [0.2, 0.25) is 0 Å². The Kier molecular flexibility index (Phi) is 3.40. The summed E-state index contributed by atoms with van der Waals surface area (Å²) >= 11 is 5.53. The Morgan fingerprint density at radius 2 is 2.27 bits per heavy atom. The van der Waals surface area contributed by atoms with Crippen molar-refractivity contribution in [3.8, 4) is 5.69 Å². The minimum absolute atomic E-state index is 0.227. The zero-order valence-electron chi connectivity index (χ0n) is 7.62. The van der Waals surface area contributed by atoms with Crippen LogP contribution in [-0.2, 0) is 5.33 Å². The highest BCUT2D eigenvalue weighted by molar-refractivity contribution is 14.1. The van der Waals surface area contributed by atoms with E-state index in [1.165, 1.54) is 12.1 Å². The number of alkyl halides is 1. The number of aromatic nitrogens is 2. The van der Waals surface area contributed by atoms with E-state index >= 15 is 0 Å². The lowest BCUT2D eigenvalue weighted by atomic mass is 10.2. The Labute approximate surface area is 109 Å². The van der Waals surface area contributed by atoms with E-state index in [4.69, 9.17) is 0 Å². The number of hydrogen-bond acceptors (Lipinski definition) is 1. The molecule has 0 saturated carbocycles. The first-order chi connectivity index (χ1) is 7.20. The Morgan fingerprint density at radius 1 is 1.47 bits per heavy atom. The van der Waals surface area contributed by atoms with Crippen molar-refractivity contribution in [3.63, 3.8) is 0 Å². The molecule has 0 fully saturated rings. The highest BCUT2D eigenvalue weighted by atomic mass is 127. The second-order valence-electron chi connectivity index (χ2n) is 3.01. The molecule has 0 aliphatic carbocycles. The smallest absolute Gasteiger partial charge is 0.123 e. The summed E-state index contributed by atoms with van der Waals surface area (Å²) in [6, 6.07) is 4.68. The molecule has 0 radical (unpaired) electrons. The second-order valence-corrected chi connectivity index (χ2v) is 4.82. The van der Waals surface area contributed by atoms with Gasteiger partial charge < -0.3 is 0 Å². The molecule has 5 heteroatoms. The van der Waals surface area contributed by atoms with E-state index in [-0.39, 0.29) is 5.82 Å². The fourth-order valence-corrected chi connectivity index (χ4v) is 2.15. The van der Waals surface area contributed by atoms with Crippen LogP contribution in [0, 0.1) is 9.39 Å². The molecule has 0 atom stereocenters. The van der Waals surface area contributed by atoms with Crippen molar-refractivity contribution in [1.29, 1.82) is 0 Å². The summed E-state index contributed by atoms with van der Waals surface area (Å²) in [5.74, 6) is -0.227. The Hall–Kier alpha value is -0.430. The molecule has 78 valence electrons. The lowest BCUT2D eigenvalue weighted by molar-refractivity contribution is 0.625. The van der Waals surface area contributed by atoms with Crippen LogP contribution in [0.2, 0.25) is 0 Å². The van der Waals surface area contributed by atoms with Gasteiger partial charge in [-0.15, -0.1) is 0 Å². The summed E-state index contributed by atoms with van der Waals surface area (Å²) in [6.07, 6.45) is 3.67. The summed E-state index contributed by atoms with van der Waals surface area (Å²) < 4.78 is 15.8. The Balaban J connectivity index is 2.52. The van der Waals surface area contributed by atoms with Crippen molar-refractivity contribution >= 4 is 38.5 Å². The highest BCUT2D eigenvalue weighted by Gasteiger charge is 2.06. The fraction of sp³-hybridized carbons (Fsp3) is 0.100. The molecule has 2 aromatic rings. The predicted molar refractivity (Wildman–Crippen MR) is 68.9 cm³/mol. The van der Waals surface area contributed by atoms with Gasteiger partial charge in [0.05, 0.1) is 15.5 Å². The third kappa shape index (κ3) is 2.39. The van der Waals surface area contributed by atoms with Crippen molar-refractivity contribution < 1.29 is 4.39 Å². The monoisotopic (exact) mass is 380 g/mol. The van der Waals surface area contributed by atoms with Gasteiger partial charge in [-0.2, -0.15) is 5.10 Å². The topological polar surface area (TPSA) is 17.8 Å². The van der Waals surface area contributed by atoms with Crippen LogP contribution in [-0.4, -0.2) is 9.78 Å². The normalized spacial score (nSPS) is 10.6. The van der Waals surface area contributed by atoms with E-state index < -0.39 is 0 Å². The van der Waals surface area contributed by atoms with Crippen LogP contribution >= 0.6 is 38.5 Å². The maximum absolute atomic E-state index is 13.0. The van der Waals surface area contributed by atoms with Crippen molar-refractivity contribution in [2.75, 3.05) is 0 Å². The van der Waals surface area contributed by atoms with Gasteiger partial charge >= 0.3 is 0 Å². The van der Waals surface area contributed by atoms with E-state index in [9.17, 15) is 4.39 Å². The summed E-state index contributed by atoms with van der Waals surface area (Å²) in [4.78, 5) is 0. The third-order valence-electron chi connectivity index (χ3n) is 1.98. The molecule has 0 N–H and O–H groups in total. The molecule has 0 unspecified atom stereocenters. The second kappa shape index (κ2) is 4.61. The molecule has 0 saturated heterocycles. The highest BCUT2D eigenvalue weighted by Crippen LogP contribution is 2.19. The summed E-state index contributed by atoms with van der Waals surface area (Å²) in [5.41, 5.74) is 1.78. The zero-order chi connectivity index (χ0) is 10.8. The molecule has 1 aromatic carbocycles. The predicted octanol–water partition coefficient (Wildman–Crippen LogP) is 3.51. The largest absolute Gasteiger partial charge is 0.240 e. The maximum Gasteiger partial charge on any atom is 0.123 e. The molecule has 0 aliphatic heterocycles. The SMILES string of the molecule is Fc1ccc(-n2cc(I)cn2)c(CBr)c1. The van der Waals surface area contributed by atoms with E-state index in [0.29, 0.717) is 5.33 Å². The van der Waals surface area contributed by atoms with Crippen molar-refractivity contribution in [1.82, 2.24) is 9.78 Å². The number of rotatable bonds is 2. The molecule has 1 aromatic heterocycles. The van der Waals surface area contributed by atoms with Crippen LogP contribution in [0.15, 0.2) is 30.6 Å². The van der Waals surface area contributed by atoms with Crippen LogP contribution in [0.1, 0.15) is 5.56 Å². The van der Waals surface area contributed by atoms with Crippen molar-refractivity contribution in [2.45, 2.75) is 5.33 Å². The van der Waals surface area contributed by atoms with Gasteiger partial charge in [0.1, 0.15) is 5.82 Å². The van der Waals surface area contributed by atoms with Gasteiger partial charge in [-0.05, 0) is 46.4 Å².